The first kappa shape index (κ1) is 18.7. The van der Waals surface area contributed by atoms with Gasteiger partial charge in [-0.1, -0.05) is 6.07 Å². The first-order valence-corrected chi connectivity index (χ1v) is 8.98. The third kappa shape index (κ3) is 4.75. The Labute approximate surface area is 158 Å². The van der Waals surface area contributed by atoms with Crippen LogP contribution in [-0.4, -0.2) is 41.0 Å². The van der Waals surface area contributed by atoms with E-state index in [0.717, 1.165) is 24.1 Å². The zero-order valence-corrected chi connectivity index (χ0v) is 15.6. The lowest BCUT2D eigenvalue weighted by atomic mass is 10.1. The third-order valence-corrected chi connectivity index (χ3v) is 4.71. The van der Waals surface area contributed by atoms with Crippen LogP contribution in [0.3, 0.4) is 0 Å². The lowest BCUT2D eigenvalue weighted by Crippen LogP contribution is -2.46. The minimum atomic E-state index is -0.599. The summed E-state index contributed by atoms with van der Waals surface area (Å²) >= 11 is 0. The van der Waals surface area contributed by atoms with Crippen molar-refractivity contribution in [2.24, 2.45) is 5.73 Å². The zero-order chi connectivity index (χ0) is 19.4. The molecule has 2 aromatic rings. The number of ether oxygens (including phenoxy) is 1. The summed E-state index contributed by atoms with van der Waals surface area (Å²) in [6.07, 6.45) is 3.02. The number of carbonyl (C=O) groups is 2. The molecule has 1 unspecified atom stereocenters. The molecular formula is C20H24N4O3. The van der Waals surface area contributed by atoms with Crippen molar-refractivity contribution in [3.05, 3.63) is 53.3 Å². The Bertz CT molecular complexity index is 853. The maximum Gasteiger partial charge on any atom is 0.321 e. The molecule has 1 saturated heterocycles. The summed E-state index contributed by atoms with van der Waals surface area (Å²) in [6.45, 7) is 5.21. The predicted octanol–water partition coefficient (Wildman–Crippen LogP) is 2.87. The molecule has 0 bridgehead atoms. The Hall–Kier alpha value is -3.09. The summed E-state index contributed by atoms with van der Waals surface area (Å²) in [5.74, 6) is -0.0706. The van der Waals surface area contributed by atoms with Gasteiger partial charge in [-0.15, -0.1) is 0 Å². The van der Waals surface area contributed by atoms with Crippen molar-refractivity contribution in [2.45, 2.75) is 32.8 Å². The van der Waals surface area contributed by atoms with Gasteiger partial charge in [-0.3, -0.25) is 9.78 Å². The number of carbonyl (C=O) groups excluding carboxylic acids is 2. The predicted molar refractivity (Wildman–Crippen MR) is 103 cm³/mol. The van der Waals surface area contributed by atoms with E-state index in [4.69, 9.17) is 10.5 Å². The Morgan fingerprint density at radius 2 is 2.04 bits per heavy atom. The fraction of sp³-hybridized carbons (Fsp3) is 0.350. The van der Waals surface area contributed by atoms with Crippen LogP contribution in [0.15, 0.2) is 36.5 Å². The fourth-order valence-electron chi connectivity index (χ4n) is 3.05. The minimum Gasteiger partial charge on any atom is -0.488 e. The first-order valence-electron chi connectivity index (χ1n) is 8.98. The number of aryl methyl sites for hydroxylation is 2. The maximum atomic E-state index is 12.6. The van der Waals surface area contributed by atoms with Crippen LogP contribution in [0.2, 0.25) is 0 Å². The number of hydrogen-bond acceptors (Lipinski definition) is 4. The highest BCUT2D eigenvalue weighted by molar-refractivity contribution is 5.91. The van der Waals surface area contributed by atoms with Gasteiger partial charge < -0.3 is 20.7 Å². The Morgan fingerprint density at radius 1 is 1.22 bits per heavy atom. The molecule has 1 aliphatic rings. The van der Waals surface area contributed by atoms with E-state index >= 15 is 0 Å². The number of benzene rings is 1. The van der Waals surface area contributed by atoms with E-state index in [0.29, 0.717) is 18.8 Å². The van der Waals surface area contributed by atoms with E-state index in [-0.39, 0.29) is 17.8 Å². The van der Waals surface area contributed by atoms with Gasteiger partial charge in [-0.2, -0.15) is 0 Å². The van der Waals surface area contributed by atoms with Crippen LogP contribution in [0.4, 0.5) is 10.5 Å². The second kappa shape index (κ2) is 8.07. The van der Waals surface area contributed by atoms with E-state index in [1.807, 2.05) is 32.0 Å². The Morgan fingerprint density at radius 3 is 2.78 bits per heavy atom. The average molecular weight is 368 g/mol. The largest absolute Gasteiger partial charge is 0.488 e. The average Bonchev–Trinajstić information content (AvgIpc) is 2.65. The summed E-state index contributed by atoms with van der Waals surface area (Å²) in [4.78, 5) is 29.5. The summed E-state index contributed by atoms with van der Waals surface area (Å²) in [7, 11) is 0. The Balaban J connectivity index is 1.61. The van der Waals surface area contributed by atoms with Gasteiger partial charge >= 0.3 is 6.03 Å². The molecule has 1 aromatic heterocycles. The molecule has 1 atom stereocenters. The van der Waals surface area contributed by atoms with Gasteiger partial charge in [0.05, 0.1) is 6.54 Å². The number of pyridine rings is 1. The van der Waals surface area contributed by atoms with Crippen molar-refractivity contribution in [1.29, 1.82) is 0 Å². The summed E-state index contributed by atoms with van der Waals surface area (Å²) < 4.78 is 5.94. The molecule has 1 aliphatic heterocycles. The standard InChI is InChI=1S/C20H24N4O3/c1-13-5-6-15(10-14(13)2)23-20(26)24-9-3-4-17(12-24)27-16-7-8-22-18(11-16)19(21)25/h5-8,10-11,17H,3-4,9,12H2,1-2H3,(H2,21,25)(H,23,26). The molecule has 0 spiro atoms. The van der Waals surface area contributed by atoms with Gasteiger partial charge in [-0.25, -0.2) is 4.79 Å². The second-order valence-electron chi connectivity index (χ2n) is 6.80. The molecule has 1 aromatic carbocycles. The van der Waals surface area contributed by atoms with Gasteiger partial charge in [0.25, 0.3) is 5.91 Å². The fourth-order valence-corrected chi connectivity index (χ4v) is 3.05. The number of piperidine rings is 1. The minimum absolute atomic E-state index is 0.140. The van der Waals surface area contributed by atoms with Crippen LogP contribution in [0.25, 0.3) is 0 Å². The number of amides is 3. The quantitative estimate of drug-likeness (QED) is 0.867. The third-order valence-electron chi connectivity index (χ3n) is 4.71. The number of anilines is 1. The van der Waals surface area contributed by atoms with Gasteiger partial charge in [0.1, 0.15) is 17.5 Å². The molecular weight excluding hydrogens is 344 g/mol. The topological polar surface area (TPSA) is 97.6 Å². The molecule has 3 rings (SSSR count). The summed E-state index contributed by atoms with van der Waals surface area (Å²) in [6, 6.07) is 8.93. The number of nitrogens with two attached hydrogens (primary N) is 1. The number of urea groups is 1. The van der Waals surface area contributed by atoms with E-state index < -0.39 is 5.91 Å². The molecule has 27 heavy (non-hydrogen) atoms. The smallest absolute Gasteiger partial charge is 0.321 e. The van der Waals surface area contributed by atoms with E-state index in [1.165, 1.54) is 17.8 Å². The van der Waals surface area contributed by atoms with Crippen LogP contribution in [0, 0.1) is 13.8 Å². The number of primary amides is 1. The van der Waals surface area contributed by atoms with Crippen molar-refractivity contribution in [1.82, 2.24) is 9.88 Å². The lowest BCUT2D eigenvalue weighted by Gasteiger charge is -2.33. The number of aromatic nitrogens is 1. The molecule has 0 saturated carbocycles. The SMILES string of the molecule is Cc1ccc(NC(=O)N2CCCC(Oc3ccnc(C(N)=O)c3)C2)cc1C. The van der Waals surface area contributed by atoms with E-state index in [9.17, 15) is 9.59 Å². The molecule has 142 valence electrons. The zero-order valence-electron chi connectivity index (χ0n) is 15.6. The first-order chi connectivity index (χ1) is 12.9. The van der Waals surface area contributed by atoms with Gasteiger partial charge in [0.15, 0.2) is 0 Å². The molecule has 0 aliphatic carbocycles. The maximum absolute atomic E-state index is 12.6. The van der Waals surface area contributed by atoms with Crippen molar-refractivity contribution < 1.29 is 14.3 Å². The lowest BCUT2D eigenvalue weighted by molar-refractivity contribution is 0.0989. The van der Waals surface area contributed by atoms with Crippen LogP contribution in [0.5, 0.6) is 5.75 Å². The van der Waals surface area contributed by atoms with Crippen LogP contribution in [-0.2, 0) is 0 Å². The molecule has 2 heterocycles. The van der Waals surface area contributed by atoms with Gasteiger partial charge in [0.2, 0.25) is 0 Å². The molecule has 1 fully saturated rings. The Kier molecular flexibility index (Phi) is 5.59. The number of nitrogens with one attached hydrogen (secondary N) is 1. The van der Waals surface area contributed by atoms with Gasteiger partial charge in [0, 0.05) is 24.5 Å². The van der Waals surface area contributed by atoms with Crippen molar-refractivity contribution >= 4 is 17.6 Å². The highest BCUT2D eigenvalue weighted by Crippen LogP contribution is 2.20. The van der Waals surface area contributed by atoms with Crippen LogP contribution >= 0.6 is 0 Å². The monoisotopic (exact) mass is 368 g/mol. The molecule has 3 N–H and O–H groups in total. The van der Waals surface area contributed by atoms with Gasteiger partial charge in [-0.05, 0) is 56.0 Å². The van der Waals surface area contributed by atoms with Crippen molar-refractivity contribution in [3.8, 4) is 5.75 Å². The van der Waals surface area contributed by atoms with Crippen molar-refractivity contribution in [3.63, 3.8) is 0 Å². The van der Waals surface area contributed by atoms with E-state index in [1.54, 1.807) is 11.0 Å². The van der Waals surface area contributed by atoms with E-state index in [2.05, 4.69) is 10.3 Å². The molecule has 7 nitrogen and oxygen atoms in total. The second-order valence-corrected chi connectivity index (χ2v) is 6.80. The van der Waals surface area contributed by atoms with Crippen molar-refractivity contribution in [2.75, 3.05) is 18.4 Å². The molecule has 0 radical (unpaired) electrons. The summed E-state index contributed by atoms with van der Waals surface area (Å²) in [5, 5.41) is 2.95. The number of hydrogen-bond donors (Lipinski definition) is 2. The van der Waals surface area contributed by atoms with Crippen LogP contribution in [0.1, 0.15) is 34.5 Å². The normalized spacial score (nSPS) is 16.7. The number of nitrogens with zero attached hydrogens (tertiary/aromatic N) is 2. The highest BCUT2D eigenvalue weighted by atomic mass is 16.5. The number of likely N-dealkylation sites (tertiary alicyclic amines) is 1. The van der Waals surface area contributed by atoms with Crippen LogP contribution < -0.4 is 15.8 Å². The highest BCUT2D eigenvalue weighted by Gasteiger charge is 2.25. The molecule has 3 amide bonds. The summed E-state index contributed by atoms with van der Waals surface area (Å²) in [5.41, 5.74) is 8.52. The number of rotatable bonds is 4. The molecule has 7 heteroatoms.